The SMILES string of the molecule is CCC(C=C1CC=CC=C1NC(=O)OC(C)(C)C)c1ccccc1. The summed E-state index contributed by atoms with van der Waals surface area (Å²) in [4.78, 5) is 12.1. The molecule has 3 heteroatoms. The molecule has 24 heavy (non-hydrogen) atoms. The Morgan fingerprint density at radius 3 is 2.62 bits per heavy atom. The van der Waals surface area contributed by atoms with Crippen molar-refractivity contribution in [3.05, 3.63) is 71.5 Å². The number of hydrogen-bond donors (Lipinski definition) is 1. The van der Waals surface area contributed by atoms with Crippen LogP contribution in [0.4, 0.5) is 4.79 Å². The maximum atomic E-state index is 12.1. The molecule has 1 aliphatic carbocycles. The third-order valence-electron chi connectivity index (χ3n) is 3.79. The van der Waals surface area contributed by atoms with E-state index in [1.165, 1.54) is 5.56 Å². The van der Waals surface area contributed by atoms with Gasteiger partial charge in [0.1, 0.15) is 5.60 Å². The van der Waals surface area contributed by atoms with Gasteiger partial charge < -0.3 is 4.74 Å². The van der Waals surface area contributed by atoms with Gasteiger partial charge in [0.2, 0.25) is 0 Å². The van der Waals surface area contributed by atoms with Crippen molar-refractivity contribution in [1.82, 2.24) is 5.32 Å². The molecular formula is C21H27NO2. The van der Waals surface area contributed by atoms with Gasteiger partial charge in [-0.1, -0.05) is 55.5 Å². The van der Waals surface area contributed by atoms with E-state index in [1.807, 2.05) is 39.0 Å². The second-order valence-corrected chi connectivity index (χ2v) is 6.96. The first kappa shape index (κ1) is 18.1. The van der Waals surface area contributed by atoms with Crippen molar-refractivity contribution in [3.8, 4) is 0 Å². The Bertz CT molecular complexity index is 648. The number of hydrogen-bond acceptors (Lipinski definition) is 2. The normalized spacial score (nSPS) is 17.3. The number of amides is 1. The summed E-state index contributed by atoms with van der Waals surface area (Å²) in [5.74, 6) is 0.330. The Hall–Kier alpha value is -2.29. The molecule has 0 saturated heterocycles. The molecule has 1 aromatic carbocycles. The van der Waals surface area contributed by atoms with Crippen molar-refractivity contribution in [2.24, 2.45) is 0 Å². The average molecular weight is 325 g/mol. The molecular weight excluding hydrogens is 298 g/mol. The van der Waals surface area contributed by atoms with Crippen LogP contribution in [0.2, 0.25) is 0 Å². The third-order valence-corrected chi connectivity index (χ3v) is 3.79. The maximum Gasteiger partial charge on any atom is 0.412 e. The summed E-state index contributed by atoms with van der Waals surface area (Å²) in [6.45, 7) is 7.76. The van der Waals surface area contributed by atoms with E-state index in [1.54, 1.807) is 0 Å². The monoisotopic (exact) mass is 325 g/mol. The van der Waals surface area contributed by atoms with Gasteiger partial charge in [-0.2, -0.15) is 0 Å². The largest absolute Gasteiger partial charge is 0.444 e. The zero-order valence-electron chi connectivity index (χ0n) is 15.0. The number of ether oxygens (including phenoxy) is 1. The molecule has 2 rings (SSSR count). The van der Waals surface area contributed by atoms with Crippen LogP contribution in [-0.4, -0.2) is 11.7 Å². The van der Waals surface area contributed by atoms with Crippen molar-refractivity contribution >= 4 is 6.09 Å². The quantitative estimate of drug-likeness (QED) is 0.796. The van der Waals surface area contributed by atoms with E-state index >= 15 is 0 Å². The summed E-state index contributed by atoms with van der Waals surface area (Å²) in [6, 6.07) is 10.4. The topological polar surface area (TPSA) is 38.3 Å². The first-order valence-corrected chi connectivity index (χ1v) is 8.52. The summed E-state index contributed by atoms with van der Waals surface area (Å²) in [5, 5.41) is 2.89. The van der Waals surface area contributed by atoms with Gasteiger partial charge in [0.05, 0.1) is 0 Å². The zero-order valence-corrected chi connectivity index (χ0v) is 15.0. The van der Waals surface area contributed by atoms with Crippen LogP contribution < -0.4 is 5.32 Å². The van der Waals surface area contributed by atoms with Crippen LogP contribution in [0.15, 0.2) is 65.9 Å². The van der Waals surface area contributed by atoms with Crippen LogP contribution >= 0.6 is 0 Å². The van der Waals surface area contributed by atoms with Gasteiger partial charge in [-0.3, -0.25) is 5.32 Å². The number of alkyl carbamates (subject to hydrolysis) is 1. The minimum Gasteiger partial charge on any atom is -0.444 e. The van der Waals surface area contributed by atoms with Crippen LogP contribution in [0.1, 0.15) is 52.0 Å². The van der Waals surface area contributed by atoms with Crippen LogP contribution in [0.25, 0.3) is 0 Å². The predicted molar refractivity (Wildman–Crippen MR) is 98.8 cm³/mol. The number of carbonyl (C=O) groups excluding carboxylic acids is 1. The zero-order chi connectivity index (χ0) is 17.6. The highest BCUT2D eigenvalue weighted by Gasteiger charge is 2.19. The molecule has 0 fully saturated rings. The van der Waals surface area contributed by atoms with E-state index in [9.17, 15) is 4.79 Å². The highest BCUT2D eigenvalue weighted by Crippen LogP contribution is 2.27. The van der Waals surface area contributed by atoms with Gasteiger partial charge in [-0.25, -0.2) is 4.79 Å². The minimum absolute atomic E-state index is 0.330. The molecule has 0 aliphatic heterocycles. The Morgan fingerprint density at radius 1 is 1.29 bits per heavy atom. The summed E-state index contributed by atoms with van der Waals surface area (Å²) in [7, 11) is 0. The van der Waals surface area contributed by atoms with E-state index < -0.39 is 11.7 Å². The molecule has 1 aromatic rings. The third kappa shape index (κ3) is 5.41. The molecule has 1 amide bonds. The number of carbonyl (C=O) groups is 1. The highest BCUT2D eigenvalue weighted by molar-refractivity contribution is 5.72. The van der Waals surface area contributed by atoms with Gasteiger partial charge in [0.25, 0.3) is 0 Å². The Kier molecular flexibility index (Phi) is 6.02. The van der Waals surface area contributed by atoms with E-state index in [2.05, 4.69) is 48.7 Å². The molecule has 0 aromatic heterocycles. The van der Waals surface area contributed by atoms with Crippen LogP contribution in [0, 0.1) is 0 Å². The molecule has 0 radical (unpaired) electrons. The summed E-state index contributed by atoms with van der Waals surface area (Å²) >= 11 is 0. The van der Waals surface area contributed by atoms with E-state index in [0.29, 0.717) is 5.92 Å². The lowest BCUT2D eigenvalue weighted by molar-refractivity contribution is 0.0547. The fourth-order valence-electron chi connectivity index (χ4n) is 2.66. The van der Waals surface area contributed by atoms with Crippen LogP contribution in [0.3, 0.4) is 0 Å². The molecule has 0 bridgehead atoms. The summed E-state index contributed by atoms with van der Waals surface area (Å²) < 4.78 is 5.36. The molecule has 1 unspecified atom stereocenters. The Labute approximate surface area is 145 Å². The first-order valence-electron chi connectivity index (χ1n) is 8.52. The molecule has 1 N–H and O–H groups in total. The van der Waals surface area contributed by atoms with Crippen molar-refractivity contribution in [2.75, 3.05) is 0 Å². The predicted octanol–water partition coefficient (Wildman–Crippen LogP) is 5.48. The molecule has 128 valence electrons. The fourth-order valence-corrected chi connectivity index (χ4v) is 2.66. The number of nitrogens with one attached hydrogen (secondary N) is 1. The van der Waals surface area contributed by atoms with Crippen molar-refractivity contribution in [2.45, 2.75) is 52.1 Å². The van der Waals surface area contributed by atoms with Crippen molar-refractivity contribution in [3.63, 3.8) is 0 Å². The molecule has 0 heterocycles. The second-order valence-electron chi connectivity index (χ2n) is 6.96. The minimum atomic E-state index is -0.505. The van der Waals surface area contributed by atoms with Crippen LogP contribution in [-0.2, 0) is 4.74 Å². The summed E-state index contributed by atoms with van der Waals surface area (Å²) in [5.41, 5.74) is 2.73. The van der Waals surface area contributed by atoms with Gasteiger partial charge >= 0.3 is 6.09 Å². The molecule has 1 atom stereocenters. The van der Waals surface area contributed by atoms with Gasteiger partial charge in [0.15, 0.2) is 0 Å². The first-order chi connectivity index (χ1) is 11.4. The van der Waals surface area contributed by atoms with E-state index in [4.69, 9.17) is 4.74 Å². The molecule has 1 aliphatic rings. The Morgan fingerprint density at radius 2 is 2.00 bits per heavy atom. The Balaban J connectivity index is 2.17. The maximum absolute atomic E-state index is 12.1. The van der Waals surface area contributed by atoms with Gasteiger partial charge in [-0.05, 0) is 50.8 Å². The lowest BCUT2D eigenvalue weighted by Gasteiger charge is -2.22. The van der Waals surface area contributed by atoms with Gasteiger partial charge in [-0.15, -0.1) is 0 Å². The lowest BCUT2D eigenvalue weighted by atomic mass is 9.91. The number of benzene rings is 1. The standard InChI is InChI=1S/C21H27NO2/c1-5-16(17-11-7-6-8-12-17)15-18-13-9-10-14-19(18)22-20(23)24-21(2,3)4/h6-12,14-16H,5,13H2,1-4H3,(H,22,23). The molecule has 0 spiro atoms. The molecule has 3 nitrogen and oxygen atoms in total. The van der Waals surface area contributed by atoms with Crippen molar-refractivity contribution < 1.29 is 9.53 Å². The van der Waals surface area contributed by atoms with E-state index in [0.717, 1.165) is 24.1 Å². The average Bonchev–Trinajstić information content (AvgIpc) is 2.53. The number of allylic oxidation sites excluding steroid dienone is 5. The fraction of sp³-hybridized carbons (Fsp3) is 0.381. The second kappa shape index (κ2) is 8.00. The summed E-state index contributed by atoms with van der Waals surface area (Å²) in [6.07, 6.45) is 9.65. The van der Waals surface area contributed by atoms with Gasteiger partial charge in [0, 0.05) is 11.6 Å². The highest BCUT2D eigenvalue weighted by atomic mass is 16.6. The van der Waals surface area contributed by atoms with Crippen LogP contribution in [0.5, 0.6) is 0 Å². The lowest BCUT2D eigenvalue weighted by Crippen LogP contribution is -2.32. The smallest absolute Gasteiger partial charge is 0.412 e. The van der Waals surface area contributed by atoms with E-state index in [-0.39, 0.29) is 0 Å². The van der Waals surface area contributed by atoms with Crippen molar-refractivity contribution in [1.29, 1.82) is 0 Å². The number of rotatable bonds is 4. The molecule has 0 saturated carbocycles.